The smallest absolute Gasteiger partial charge is 0.191 e. The number of nitrogens with one attached hydrogen (secondary N) is 2. The van der Waals surface area contributed by atoms with Crippen LogP contribution in [0.5, 0.6) is 11.5 Å². The molecule has 31 heavy (non-hydrogen) atoms. The van der Waals surface area contributed by atoms with Gasteiger partial charge in [-0.05, 0) is 50.5 Å². The number of nitrogens with zero attached hydrogens (tertiary/aromatic N) is 1. The summed E-state index contributed by atoms with van der Waals surface area (Å²) in [7, 11) is -0.924. The standard InChI is InChI=1S/C24H35N3O3S/c1-4-25-24(27-16-17-31(28)19-21-10-8-7-9-11-21)26-15-14-20-12-13-22(29-5-2)23(18-20)30-6-3/h7-13,18H,4-6,14-17,19H2,1-3H3,(H2,25,26,27). The molecule has 1 unspecified atom stereocenters. The first-order valence-electron chi connectivity index (χ1n) is 11.0. The van der Waals surface area contributed by atoms with Crippen molar-refractivity contribution in [3.63, 3.8) is 0 Å². The minimum atomic E-state index is -0.924. The van der Waals surface area contributed by atoms with E-state index in [2.05, 4.69) is 21.7 Å². The third-order valence-corrected chi connectivity index (χ3v) is 5.71. The zero-order valence-electron chi connectivity index (χ0n) is 18.9. The van der Waals surface area contributed by atoms with E-state index in [4.69, 9.17) is 9.47 Å². The normalized spacial score (nSPS) is 12.3. The molecule has 2 aromatic rings. The van der Waals surface area contributed by atoms with E-state index in [1.54, 1.807) is 0 Å². The molecule has 2 rings (SSSR count). The van der Waals surface area contributed by atoms with Gasteiger partial charge in [0.15, 0.2) is 17.5 Å². The maximum Gasteiger partial charge on any atom is 0.191 e. The minimum Gasteiger partial charge on any atom is -0.490 e. The zero-order chi connectivity index (χ0) is 22.3. The van der Waals surface area contributed by atoms with Crippen molar-refractivity contribution < 1.29 is 13.7 Å². The Hall–Kier alpha value is -2.54. The van der Waals surface area contributed by atoms with Gasteiger partial charge in [0, 0.05) is 35.4 Å². The van der Waals surface area contributed by atoms with Crippen LogP contribution in [0.2, 0.25) is 0 Å². The highest BCUT2D eigenvalue weighted by atomic mass is 32.2. The van der Waals surface area contributed by atoms with Crippen LogP contribution in [0.15, 0.2) is 53.5 Å². The molecule has 0 bridgehead atoms. The highest BCUT2D eigenvalue weighted by Crippen LogP contribution is 2.28. The van der Waals surface area contributed by atoms with Crippen molar-refractivity contribution in [1.29, 1.82) is 0 Å². The molecule has 0 amide bonds. The molecule has 0 fully saturated rings. The van der Waals surface area contributed by atoms with Crippen molar-refractivity contribution in [2.24, 2.45) is 4.99 Å². The molecule has 2 N–H and O–H groups in total. The summed E-state index contributed by atoms with van der Waals surface area (Å²) in [5, 5.41) is 6.60. The van der Waals surface area contributed by atoms with Gasteiger partial charge in [-0.25, -0.2) is 0 Å². The first-order chi connectivity index (χ1) is 15.2. The Balaban J connectivity index is 1.83. The number of hydrogen-bond acceptors (Lipinski definition) is 4. The maximum atomic E-state index is 12.3. The quantitative estimate of drug-likeness (QED) is 0.365. The Bertz CT molecular complexity index is 828. The fourth-order valence-corrected chi connectivity index (χ4v) is 4.01. The molecule has 2 aromatic carbocycles. The van der Waals surface area contributed by atoms with Gasteiger partial charge in [0.2, 0.25) is 0 Å². The third kappa shape index (κ3) is 9.42. The van der Waals surface area contributed by atoms with E-state index in [9.17, 15) is 4.21 Å². The van der Waals surface area contributed by atoms with Gasteiger partial charge in [0.05, 0.1) is 19.8 Å². The average Bonchev–Trinajstić information content (AvgIpc) is 2.76. The number of benzene rings is 2. The van der Waals surface area contributed by atoms with Gasteiger partial charge in [0.1, 0.15) is 0 Å². The molecule has 7 heteroatoms. The van der Waals surface area contributed by atoms with Gasteiger partial charge < -0.3 is 20.1 Å². The fraction of sp³-hybridized carbons (Fsp3) is 0.458. The molecular weight excluding hydrogens is 410 g/mol. The van der Waals surface area contributed by atoms with Gasteiger partial charge in [-0.1, -0.05) is 36.4 Å². The minimum absolute atomic E-state index is 0.520. The molecule has 0 radical (unpaired) electrons. The van der Waals surface area contributed by atoms with E-state index in [1.807, 2.05) is 63.2 Å². The summed E-state index contributed by atoms with van der Waals surface area (Å²) in [4.78, 5) is 4.57. The number of rotatable bonds is 13. The van der Waals surface area contributed by atoms with Crippen LogP contribution in [0.4, 0.5) is 0 Å². The van der Waals surface area contributed by atoms with Gasteiger partial charge in [-0.2, -0.15) is 0 Å². The van der Waals surface area contributed by atoms with Crippen molar-refractivity contribution >= 4 is 16.8 Å². The second-order valence-electron chi connectivity index (χ2n) is 6.86. The monoisotopic (exact) mass is 445 g/mol. The number of ether oxygens (including phenoxy) is 2. The second kappa shape index (κ2) is 14.5. The highest BCUT2D eigenvalue weighted by molar-refractivity contribution is 7.84. The van der Waals surface area contributed by atoms with Crippen molar-refractivity contribution in [1.82, 2.24) is 10.6 Å². The zero-order valence-corrected chi connectivity index (χ0v) is 19.7. The molecule has 0 aliphatic carbocycles. The maximum absolute atomic E-state index is 12.3. The fourth-order valence-electron chi connectivity index (χ4n) is 3.01. The molecule has 0 aromatic heterocycles. The summed E-state index contributed by atoms with van der Waals surface area (Å²) in [5.41, 5.74) is 2.26. The Labute approximate surface area is 188 Å². The predicted octanol–water partition coefficient (Wildman–Crippen LogP) is 3.53. The van der Waals surface area contributed by atoms with E-state index >= 15 is 0 Å². The van der Waals surface area contributed by atoms with E-state index in [0.29, 0.717) is 31.3 Å². The molecule has 0 saturated carbocycles. The van der Waals surface area contributed by atoms with Crippen molar-refractivity contribution in [2.45, 2.75) is 32.9 Å². The first-order valence-corrected chi connectivity index (χ1v) is 12.4. The van der Waals surface area contributed by atoms with Crippen molar-refractivity contribution in [3.8, 4) is 11.5 Å². The lowest BCUT2D eigenvalue weighted by Crippen LogP contribution is -2.38. The van der Waals surface area contributed by atoms with Crippen LogP contribution in [-0.2, 0) is 23.0 Å². The number of aliphatic imine (C=N–C) groups is 1. The lowest BCUT2D eigenvalue weighted by molar-refractivity contribution is 0.287. The van der Waals surface area contributed by atoms with Crippen LogP contribution in [0, 0.1) is 0 Å². The van der Waals surface area contributed by atoms with E-state index in [1.165, 1.54) is 5.56 Å². The van der Waals surface area contributed by atoms with Gasteiger partial charge in [0.25, 0.3) is 0 Å². The third-order valence-electron chi connectivity index (χ3n) is 4.42. The van der Waals surface area contributed by atoms with Crippen LogP contribution in [-0.4, -0.2) is 48.8 Å². The molecular formula is C24H35N3O3S. The number of hydrogen-bond donors (Lipinski definition) is 2. The van der Waals surface area contributed by atoms with E-state index in [0.717, 1.165) is 42.5 Å². The Morgan fingerprint density at radius 2 is 1.68 bits per heavy atom. The molecule has 0 aliphatic heterocycles. The molecule has 170 valence electrons. The van der Waals surface area contributed by atoms with Gasteiger partial charge in [-0.3, -0.25) is 9.20 Å². The van der Waals surface area contributed by atoms with Crippen LogP contribution < -0.4 is 20.1 Å². The van der Waals surface area contributed by atoms with Crippen LogP contribution >= 0.6 is 0 Å². The lowest BCUT2D eigenvalue weighted by Gasteiger charge is -2.14. The molecule has 0 spiro atoms. The lowest BCUT2D eigenvalue weighted by atomic mass is 10.1. The predicted molar refractivity (Wildman–Crippen MR) is 130 cm³/mol. The summed E-state index contributed by atoms with van der Waals surface area (Å²) >= 11 is 0. The highest BCUT2D eigenvalue weighted by Gasteiger charge is 2.07. The van der Waals surface area contributed by atoms with Crippen molar-refractivity contribution in [2.75, 3.05) is 38.6 Å². The van der Waals surface area contributed by atoms with Crippen LogP contribution in [0.3, 0.4) is 0 Å². The summed E-state index contributed by atoms with van der Waals surface area (Å²) in [6.45, 7) is 9.21. The van der Waals surface area contributed by atoms with Crippen LogP contribution in [0.25, 0.3) is 0 Å². The SMILES string of the molecule is CCNC(=NCCS(=O)Cc1ccccc1)NCCc1ccc(OCC)c(OCC)c1. The molecule has 6 nitrogen and oxygen atoms in total. The summed E-state index contributed by atoms with van der Waals surface area (Å²) in [6.07, 6.45) is 0.830. The largest absolute Gasteiger partial charge is 0.490 e. The van der Waals surface area contributed by atoms with Crippen molar-refractivity contribution in [3.05, 3.63) is 59.7 Å². The van der Waals surface area contributed by atoms with Crippen LogP contribution in [0.1, 0.15) is 31.9 Å². The van der Waals surface area contributed by atoms with E-state index < -0.39 is 10.8 Å². The number of guanidine groups is 1. The molecule has 0 aliphatic rings. The topological polar surface area (TPSA) is 72.0 Å². The van der Waals surface area contributed by atoms with Gasteiger partial charge >= 0.3 is 0 Å². The Kier molecular flexibility index (Phi) is 11.5. The summed E-state index contributed by atoms with van der Waals surface area (Å²) < 4.78 is 23.6. The second-order valence-corrected chi connectivity index (χ2v) is 8.44. The Morgan fingerprint density at radius 1 is 0.935 bits per heavy atom. The summed E-state index contributed by atoms with van der Waals surface area (Å²) in [5.74, 6) is 3.42. The van der Waals surface area contributed by atoms with Gasteiger partial charge in [-0.15, -0.1) is 0 Å². The molecule has 1 atom stereocenters. The molecule has 0 saturated heterocycles. The average molecular weight is 446 g/mol. The van der Waals surface area contributed by atoms with E-state index in [-0.39, 0.29) is 0 Å². The molecule has 0 heterocycles. The Morgan fingerprint density at radius 3 is 2.39 bits per heavy atom. The first kappa shape index (κ1) is 24.7. The summed E-state index contributed by atoms with van der Waals surface area (Å²) in [6, 6.07) is 16.0.